The maximum Gasteiger partial charge on any atom is 0.309 e. The molecule has 4 aliphatic carbocycles. The molecule has 0 saturated heterocycles. The highest BCUT2D eigenvalue weighted by molar-refractivity contribution is 6.10. The van der Waals surface area contributed by atoms with E-state index in [9.17, 15) is 19.5 Å². The van der Waals surface area contributed by atoms with Gasteiger partial charge in [0.1, 0.15) is 11.6 Å². The fourth-order valence-corrected chi connectivity index (χ4v) is 12.7. The summed E-state index contributed by atoms with van der Waals surface area (Å²) in [5.74, 6) is 2.13. The first-order valence-electron chi connectivity index (χ1n) is 21.5. The number of carboxylic acid groups (broad SMARTS) is 1. The summed E-state index contributed by atoms with van der Waals surface area (Å²) in [6.07, 6.45) is 12.8. The number of benzene rings is 1. The van der Waals surface area contributed by atoms with E-state index in [1.165, 1.54) is 36.1 Å². The van der Waals surface area contributed by atoms with Crippen LogP contribution in [0.2, 0.25) is 0 Å². The van der Waals surface area contributed by atoms with Gasteiger partial charge >= 0.3 is 5.97 Å². The van der Waals surface area contributed by atoms with Crippen LogP contribution in [0.25, 0.3) is 5.70 Å². The van der Waals surface area contributed by atoms with E-state index >= 15 is 0 Å². The molecule has 3 fully saturated rings. The highest BCUT2D eigenvalue weighted by Gasteiger charge is 2.68. The third-order valence-corrected chi connectivity index (χ3v) is 16.3. The van der Waals surface area contributed by atoms with Crippen LogP contribution in [0.3, 0.4) is 0 Å². The minimum atomic E-state index is -1.06. The lowest BCUT2D eigenvalue weighted by Crippen LogP contribution is -2.63. The second-order valence-electron chi connectivity index (χ2n) is 19.9. The Morgan fingerprint density at radius 1 is 1.04 bits per heavy atom. The summed E-state index contributed by atoms with van der Waals surface area (Å²) in [7, 11) is 2.17. The van der Waals surface area contributed by atoms with Gasteiger partial charge < -0.3 is 14.7 Å². The molecule has 1 aromatic carbocycles. The number of amidine groups is 1. The molecule has 55 heavy (non-hydrogen) atoms. The van der Waals surface area contributed by atoms with Gasteiger partial charge in [0, 0.05) is 32.0 Å². The number of fused-ring (bicyclic) bond motifs is 5. The molecule has 7 heteroatoms. The van der Waals surface area contributed by atoms with Crippen LogP contribution in [0.4, 0.5) is 0 Å². The zero-order chi connectivity index (χ0) is 40.1. The van der Waals surface area contributed by atoms with Crippen LogP contribution in [0.5, 0.6) is 0 Å². The van der Waals surface area contributed by atoms with Crippen LogP contribution in [0.15, 0.2) is 52.5 Å². The lowest BCUT2D eigenvalue weighted by Gasteiger charge is -2.69. The second-order valence-corrected chi connectivity index (χ2v) is 19.9. The molecule has 0 spiro atoms. The van der Waals surface area contributed by atoms with Crippen molar-refractivity contribution in [1.29, 1.82) is 0 Å². The van der Waals surface area contributed by atoms with Gasteiger partial charge in [0.05, 0.1) is 30.1 Å². The lowest BCUT2D eigenvalue weighted by molar-refractivity contribution is -0.184. The summed E-state index contributed by atoms with van der Waals surface area (Å²) in [6.45, 7) is 21.1. The number of allylic oxidation sites excluding steroid dienone is 1. The first kappa shape index (κ1) is 41.6. The number of aliphatic imine (C=N–C) groups is 1. The van der Waals surface area contributed by atoms with Crippen LogP contribution in [0.1, 0.15) is 145 Å². The molecule has 0 aromatic heterocycles. The average molecular weight is 755 g/mol. The molecule has 8 atom stereocenters. The van der Waals surface area contributed by atoms with Gasteiger partial charge in [0.2, 0.25) is 0 Å². The summed E-state index contributed by atoms with van der Waals surface area (Å²) < 4.78 is 6.35. The Balaban J connectivity index is 1.25. The molecule has 6 rings (SSSR count). The second kappa shape index (κ2) is 15.4. The zero-order valence-corrected chi connectivity index (χ0v) is 35.7. The molecule has 1 heterocycles. The van der Waals surface area contributed by atoms with Crippen molar-refractivity contribution in [3.63, 3.8) is 0 Å². The SMILES string of the molecule is CC[C@H](CC[C@@]1(C)[C@H](C)CC[C@]2(C)[C@@H]1CC[C@@H]1C3=C(C(C)C)C(=O)C[C@]3(C3=NCC=C(c4ccccc4)N3C)CC[C@]12C)OCCC(=O)CC(C)(C)C(=O)O. The van der Waals surface area contributed by atoms with E-state index < -0.39 is 11.4 Å². The highest BCUT2D eigenvalue weighted by Crippen LogP contribution is 2.75. The minimum Gasteiger partial charge on any atom is -0.481 e. The number of ether oxygens (including phenoxy) is 1. The Morgan fingerprint density at radius 2 is 1.75 bits per heavy atom. The molecule has 1 aromatic rings. The molecule has 7 nitrogen and oxygen atoms in total. The fraction of sp³-hybridized carbons (Fsp3) is 0.708. The van der Waals surface area contributed by atoms with Crippen molar-refractivity contribution < 1.29 is 24.2 Å². The van der Waals surface area contributed by atoms with Crippen molar-refractivity contribution in [2.75, 3.05) is 20.2 Å². The molecule has 5 aliphatic rings. The number of carbonyl (C=O) groups excluding carboxylic acids is 2. The van der Waals surface area contributed by atoms with Gasteiger partial charge in [-0.05, 0) is 134 Å². The summed E-state index contributed by atoms with van der Waals surface area (Å²) in [6, 6.07) is 10.6. The van der Waals surface area contributed by atoms with E-state index in [2.05, 4.69) is 96.8 Å². The summed E-state index contributed by atoms with van der Waals surface area (Å²) in [5, 5.41) is 9.46. The van der Waals surface area contributed by atoms with Crippen molar-refractivity contribution in [3.05, 3.63) is 53.1 Å². The van der Waals surface area contributed by atoms with E-state index in [-0.39, 0.29) is 52.3 Å². The van der Waals surface area contributed by atoms with E-state index in [0.717, 1.165) is 49.9 Å². The first-order valence-corrected chi connectivity index (χ1v) is 21.5. The normalized spacial score (nSPS) is 34.1. The zero-order valence-electron chi connectivity index (χ0n) is 35.7. The Morgan fingerprint density at radius 3 is 2.40 bits per heavy atom. The van der Waals surface area contributed by atoms with Crippen molar-refractivity contribution in [2.24, 2.45) is 55.7 Å². The molecule has 3 saturated carbocycles. The smallest absolute Gasteiger partial charge is 0.309 e. The maximum atomic E-state index is 14.4. The van der Waals surface area contributed by atoms with E-state index in [0.29, 0.717) is 43.1 Å². The molecule has 0 bridgehead atoms. The molecule has 302 valence electrons. The summed E-state index contributed by atoms with van der Waals surface area (Å²) in [5.41, 5.74) is 3.87. The number of hydrogen-bond donors (Lipinski definition) is 1. The minimum absolute atomic E-state index is 0.0273. The monoisotopic (exact) mass is 755 g/mol. The standard InChI is InChI=1S/C48H70N2O5/c1-11-35(55-28-22-34(51)29-44(5,6)43(53)54)20-23-45(7)32(4)19-24-47(9)39(45)18-17-36-41-40(31(2)3)38(52)30-48(41,26-25-46(36,47)8)42-49-27-21-37(50(42)10)33-15-13-12-14-16-33/h12-16,21,31-32,35-36,39H,11,17-20,22-30H2,1-10H3,(H,53,54)/t32-,35-,36-,39-,45+,46-,47-,48-/m1/s1. The number of carbonyl (C=O) groups is 3. The first-order chi connectivity index (χ1) is 25.9. The predicted octanol–water partition coefficient (Wildman–Crippen LogP) is 10.6. The molecule has 1 aliphatic heterocycles. The lowest BCUT2D eigenvalue weighted by atomic mass is 9.35. The number of hydrogen-bond acceptors (Lipinski definition) is 6. The van der Waals surface area contributed by atoms with Gasteiger partial charge in [-0.3, -0.25) is 19.4 Å². The van der Waals surface area contributed by atoms with Crippen molar-refractivity contribution in [3.8, 4) is 0 Å². The molecule has 0 radical (unpaired) electrons. The van der Waals surface area contributed by atoms with Crippen LogP contribution in [0, 0.1) is 50.7 Å². The van der Waals surface area contributed by atoms with Crippen LogP contribution < -0.4 is 0 Å². The van der Waals surface area contributed by atoms with Crippen LogP contribution >= 0.6 is 0 Å². The number of ketones is 2. The topological polar surface area (TPSA) is 96.3 Å². The van der Waals surface area contributed by atoms with Gasteiger partial charge in [-0.15, -0.1) is 0 Å². The molecular formula is C48H70N2O5. The van der Waals surface area contributed by atoms with Gasteiger partial charge in [0.25, 0.3) is 0 Å². The van der Waals surface area contributed by atoms with Crippen LogP contribution in [-0.2, 0) is 19.1 Å². The Kier molecular flexibility index (Phi) is 11.6. The van der Waals surface area contributed by atoms with Crippen LogP contribution in [-0.4, -0.2) is 59.7 Å². The van der Waals surface area contributed by atoms with E-state index in [1.54, 1.807) is 13.8 Å². The Hall–Kier alpha value is -3.06. The number of aliphatic carboxylic acids is 1. The summed E-state index contributed by atoms with van der Waals surface area (Å²) >= 11 is 0. The third-order valence-electron chi connectivity index (χ3n) is 16.3. The average Bonchev–Trinajstić information content (AvgIpc) is 3.45. The van der Waals surface area contributed by atoms with Crippen molar-refractivity contribution in [1.82, 2.24) is 4.90 Å². The van der Waals surface area contributed by atoms with E-state index in [1.807, 2.05) is 0 Å². The van der Waals surface area contributed by atoms with Gasteiger partial charge in [-0.2, -0.15) is 0 Å². The van der Waals surface area contributed by atoms with E-state index in [4.69, 9.17) is 9.73 Å². The Labute approximate surface area is 331 Å². The number of rotatable bonds is 14. The van der Waals surface area contributed by atoms with Crippen molar-refractivity contribution >= 4 is 29.1 Å². The third kappa shape index (κ3) is 7.01. The Bertz CT molecular complexity index is 1740. The molecule has 0 amide bonds. The van der Waals surface area contributed by atoms with Gasteiger partial charge in [-0.1, -0.05) is 78.8 Å². The largest absolute Gasteiger partial charge is 0.481 e. The highest BCUT2D eigenvalue weighted by atomic mass is 16.5. The van der Waals surface area contributed by atoms with Crippen molar-refractivity contribution in [2.45, 2.75) is 145 Å². The predicted molar refractivity (Wildman–Crippen MR) is 221 cm³/mol. The number of carboxylic acids is 1. The van der Waals surface area contributed by atoms with Gasteiger partial charge in [-0.25, -0.2) is 0 Å². The number of Topliss-reactive ketones (excluding diaryl/α,β-unsaturated/α-hetero) is 2. The maximum absolute atomic E-state index is 14.4. The fourth-order valence-electron chi connectivity index (χ4n) is 12.7. The summed E-state index contributed by atoms with van der Waals surface area (Å²) in [4.78, 5) is 46.1. The molecular weight excluding hydrogens is 685 g/mol. The molecule has 1 N–H and O–H groups in total. The molecule has 0 unspecified atom stereocenters. The number of nitrogens with zero attached hydrogens (tertiary/aromatic N) is 2. The quantitative estimate of drug-likeness (QED) is 0.203. The van der Waals surface area contributed by atoms with Gasteiger partial charge in [0.15, 0.2) is 5.78 Å².